The number of nitrogens with one attached hydrogen (secondary N) is 1. The topological polar surface area (TPSA) is 81.4 Å². The maximum absolute atomic E-state index is 14.1. The molecule has 3 aromatic carbocycles. The fourth-order valence-corrected chi connectivity index (χ4v) is 5.42. The Morgan fingerprint density at radius 1 is 0.927 bits per heavy atom. The Morgan fingerprint density at radius 3 is 2.34 bits per heavy atom. The number of carbonyl (C=O) groups excluding carboxylic acids is 2. The van der Waals surface area contributed by atoms with Gasteiger partial charge < -0.3 is 19.5 Å². The molecule has 6 rings (SSSR count). The number of rotatable bonds is 6. The van der Waals surface area contributed by atoms with Crippen LogP contribution in [0.15, 0.2) is 103 Å². The van der Waals surface area contributed by atoms with Crippen molar-refractivity contribution < 1.29 is 14.3 Å². The predicted octanol–water partition coefficient (Wildman–Crippen LogP) is 6.21. The summed E-state index contributed by atoms with van der Waals surface area (Å²) in [6.07, 6.45) is 2.23. The Bertz CT molecular complexity index is 1670. The summed E-state index contributed by atoms with van der Waals surface area (Å²) in [6, 6.07) is 30.9. The first-order valence-electron chi connectivity index (χ1n) is 13.7. The lowest BCUT2D eigenvalue weighted by Crippen LogP contribution is -2.38. The minimum atomic E-state index is -0.342. The van der Waals surface area contributed by atoms with Gasteiger partial charge in [0.15, 0.2) is 0 Å². The van der Waals surface area contributed by atoms with Crippen LogP contribution in [0.4, 0.5) is 10.5 Å². The molecule has 0 spiro atoms. The molecule has 0 unspecified atom stereocenters. The molecule has 5 aromatic rings. The SMILES string of the molecule is CCOC(=O)Cc1ccc(NC(=O)N2Cc3c(C)nn(-c4ccccc4)c3-n3cccc3[C@H]2c2ccccc2)cc1. The number of ether oxygens (including phenoxy) is 1. The minimum absolute atomic E-state index is 0.189. The van der Waals surface area contributed by atoms with Crippen LogP contribution in [0.1, 0.15) is 41.0 Å². The average molecular weight is 546 g/mol. The number of aromatic nitrogens is 3. The summed E-state index contributed by atoms with van der Waals surface area (Å²) in [7, 11) is 0. The lowest BCUT2D eigenvalue weighted by atomic mass is 10.0. The number of amides is 2. The molecule has 1 N–H and O–H groups in total. The summed E-state index contributed by atoms with van der Waals surface area (Å²) in [6.45, 7) is 4.49. The first-order valence-corrected chi connectivity index (χ1v) is 13.7. The fraction of sp³-hybridized carbons (Fsp3) is 0.182. The van der Waals surface area contributed by atoms with E-state index in [0.29, 0.717) is 18.8 Å². The number of fused-ring (bicyclic) bond motifs is 3. The van der Waals surface area contributed by atoms with E-state index in [9.17, 15) is 9.59 Å². The minimum Gasteiger partial charge on any atom is -0.466 e. The zero-order valence-electron chi connectivity index (χ0n) is 23.0. The van der Waals surface area contributed by atoms with Gasteiger partial charge in [-0.2, -0.15) is 5.10 Å². The van der Waals surface area contributed by atoms with Crippen molar-refractivity contribution in [3.05, 3.63) is 131 Å². The zero-order valence-corrected chi connectivity index (χ0v) is 23.0. The molecule has 1 aliphatic heterocycles. The van der Waals surface area contributed by atoms with Crippen LogP contribution in [0.25, 0.3) is 11.5 Å². The van der Waals surface area contributed by atoms with Crippen LogP contribution in [0.3, 0.4) is 0 Å². The smallest absolute Gasteiger partial charge is 0.322 e. The predicted molar refractivity (Wildman–Crippen MR) is 157 cm³/mol. The number of benzene rings is 3. The van der Waals surface area contributed by atoms with Crippen LogP contribution in [-0.4, -0.2) is 37.9 Å². The summed E-state index contributed by atoms with van der Waals surface area (Å²) < 4.78 is 9.16. The summed E-state index contributed by atoms with van der Waals surface area (Å²) in [5.41, 5.74) is 6.23. The fourth-order valence-electron chi connectivity index (χ4n) is 5.42. The molecule has 0 saturated heterocycles. The number of anilines is 1. The maximum atomic E-state index is 14.1. The molecule has 1 atom stereocenters. The van der Waals surface area contributed by atoms with Gasteiger partial charge in [-0.15, -0.1) is 0 Å². The van der Waals surface area contributed by atoms with Gasteiger partial charge in [-0.05, 0) is 61.4 Å². The van der Waals surface area contributed by atoms with E-state index in [0.717, 1.165) is 39.6 Å². The first-order chi connectivity index (χ1) is 20.0. The number of para-hydroxylation sites is 1. The van der Waals surface area contributed by atoms with Crippen LogP contribution in [-0.2, 0) is 22.5 Å². The van der Waals surface area contributed by atoms with Crippen molar-refractivity contribution in [3.8, 4) is 11.5 Å². The Balaban J connectivity index is 1.39. The highest BCUT2D eigenvalue weighted by atomic mass is 16.5. The highest BCUT2D eigenvalue weighted by Crippen LogP contribution is 2.38. The number of esters is 1. The summed E-state index contributed by atoms with van der Waals surface area (Å²) in [4.78, 5) is 27.8. The molecule has 2 amide bonds. The van der Waals surface area contributed by atoms with Crippen LogP contribution < -0.4 is 5.32 Å². The highest BCUT2D eigenvalue weighted by molar-refractivity contribution is 5.90. The van der Waals surface area contributed by atoms with E-state index in [4.69, 9.17) is 9.84 Å². The Kier molecular flexibility index (Phi) is 7.12. The van der Waals surface area contributed by atoms with Crippen molar-refractivity contribution in [2.45, 2.75) is 32.9 Å². The third kappa shape index (κ3) is 5.12. The number of hydrogen-bond donors (Lipinski definition) is 1. The zero-order chi connectivity index (χ0) is 28.3. The second kappa shape index (κ2) is 11.2. The lowest BCUT2D eigenvalue weighted by molar-refractivity contribution is -0.142. The third-order valence-electron chi connectivity index (χ3n) is 7.32. The lowest BCUT2D eigenvalue weighted by Gasteiger charge is -2.31. The second-order valence-electron chi connectivity index (χ2n) is 9.99. The van der Waals surface area contributed by atoms with Gasteiger partial charge >= 0.3 is 12.0 Å². The molecule has 0 fully saturated rings. The van der Waals surface area contributed by atoms with Gasteiger partial charge in [0, 0.05) is 17.4 Å². The van der Waals surface area contributed by atoms with Gasteiger partial charge in [-0.1, -0.05) is 60.7 Å². The summed E-state index contributed by atoms with van der Waals surface area (Å²) >= 11 is 0. The summed E-state index contributed by atoms with van der Waals surface area (Å²) in [5, 5.41) is 8.00. The molecule has 1 aliphatic rings. The normalized spacial score (nSPS) is 14.1. The van der Waals surface area contributed by atoms with Crippen molar-refractivity contribution in [1.29, 1.82) is 0 Å². The second-order valence-corrected chi connectivity index (χ2v) is 9.99. The Morgan fingerprint density at radius 2 is 1.63 bits per heavy atom. The Labute approximate surface area is 238 Å². The molecular weight excluding hydrogens is 514 g/mol. The third-order valence-corrected chi connectivity index (χ3v) is 7.32. The van der Waals surface area contributed by atoms with Crippen LogP contribution >= 0.6 is 0 Å². The molecule has 8 nitrogen and oxygen atoms in total. The average Bonchev–Trinajstić information content (AvgIpc) is 3.55. The van der Waals surface area contributed by atoms with E-state index in [1.165, 1.54) is 0 Å². The molecular formula is C33H31N5O3. The largest absolute Gasteiger partial charge is 0.466 e. The number of hydrogen-bond acceptors (Lipinski definition) is 4. The van der Waals surface area contributed by atoms with Crippen molar-refractivity contribution in [3.63, 3.8) is 0 Å². The molecule has 0 radical (unpaired) electrons. The maximum Gasteiger partial charge on any atom is 0.322 e. The van der Waals surface area contributed by atoms with Crippen LogP contribution in [0.5, 0.6) is 0 Å². The molecule has 0 aliphatic carbocycles. The molecule has 0 bridgehead atoms. The molecule has 2 aromatic heterocycles. The monoisotopic (exact) mass is 545 g/mol. The van der Waals surface area contributed by atoms with Gasteiger partial charge in [0.25, 0.3) is 0 Å². The van der Waals surface area contributed by atoms with E-state index in [1.807, 2.05) is 102 Å². The van der Waals surface area contributed by atoms with Crippen LogP contribution in [0.2, 0.25) is 0 Å². The quantitative estimate of drug-likeness (QED) is 0.257. The van der Waals surface area contributed by atoms with E-state index in [2.05, 4.69) is 28.1 Å². The van der Waals surface area contributed by atoms with Gasteiger partial charge in [0.05, 0.1) is 42.7 Å². The van der Waals surface area contributed by atoms with Gasteiger partial charge in [0.2, 0.25) is 0 Å². The number of aryl methyl sites for hydroxylation is 1. The molecule has 0 saturated carbocycles. The van der Waals surface area contributed by atoms with Gasteiger partial charge in [0.1, 0.15) is 5.82 Å². The first kappa shape index (κ1) is 26.1. The van der Waals surface area contributed by atoms with Gasteiger partial charge in [-0.3, -0.25) is 4.79 Å². The molecule has 41 heavy (non-hydrogen) atoms. The van der Waals surface area contributed by atoms with E-state index >= 15 is 0 Å². The standard InChI is InChI=1S/C33H31N5O3/c1-3-41-30(39)21-24-16-18-26(19-17-24)34-33(40)37-22-28-23(2)35-38(27-13-8-5-9-14-27)32(28)36-20-10-15-29(36)31(37)25-11-6-4-7-12-25/h4-20,31H,3,21-22H2,1-2H3,(H,34,40)/t31-/m1/s1. The molecule has 206 valence electrons. The number of urea groups is 1. The van der Waals surface area contributed by atoms with Crippen molar-refractivity contribution >= 4 is 17.7 Å². The van der Waals surface area contributed by atoms with E-state index in [-0.39, 0.29) is 24.5 Å². The van der Waals surface area contributed by atoms with Crippen LogP contribution in [0, 0.1) is 6.92 Å². The van der Waals surface area contributed by atoms with Gasteiger partial charge in [-0.25, -0.2) is 9.48 Å². The number of carbonyl (C=O) groups is 2. The Hall–Kier alpha value is -5.11. The van der Waals surface area contributed by atoms with E-state index in [1.54, 1.807) is 6.92 Å². The van der Waals surface area contributed by atoms with E-state index < -0.39 is 0 Å². The molecule has 3 heterocycles. The van der Waals surface area contributed by atoms with Crippen molar-refractivity contribution in [2.75, 3.05) is 11.9 Å². The summed E-state index contributed by atoms with van der Waals surface area (Å²) in [5.74, 6) is 0.651. The number of nitrogens with zero attached hydrogens (tertiary/aromatic N) is 4. The van der Waals surface area contributed by atoms with Crippen molar-refractivity contribution in [1.82, 2.24) is 19.2 Å². The molecule has 8 heteroatoms. The highest BCUT2D eigenvalue weighted by Gasteiger charge is 2.36. The van der Waals surface area contributed by atoms with Crippen molar-refractivity contribution in [2.24, 2.45) is 0 Å².